The van der Waals surface area contributed by atoms with E-state index in [1.165, 1.54) is 14.0 Å². The number of carboxylic acid groups (broad SMARTS) is 1. The largest absolute Gasteiger partial charge is 0.480 e. The molecular weight excluding hydrogens is 400 g/mol. The number of carbonyl (C=O) groups is 3. The van der Waals surface area contributed by atoms with E-state index in [0.29, 0.717) is 0 Å². The number of benzene rings is 2. The second kappa shape index (κ2) is 10.1. The molecule has 3 rings (SSSR count). The SMILES string of the molecule is COC(CCNC(=O)OCC1c2ccccc2-c2ccccc21)C(=O)NC(C)C(=O)O. The number of aliphatic carboxylic acids is 1. The lowest BCUT2D eigenvalue weighted by Crippen LogP contribution is -2.45. The van der Waals surface area contributed by atoms with Crippen molar-refractivity contribution in [2.24, 2.45) is 0 Å². The third-order valence-electron chi connectivity index (χ3n) is 5.33. The smallest absolute Gasteiger partial charge is 0.407 e. The molecule has 2 aromatic rings. The molecule has 8 heteroatoms. The fourth-order valence-corrected chi connectivity index (χ4v) is 3.68. The van der Waals surface area contributed by atoms with Gasteiger partial charge in [0.25, 0.3) is 0 Å². The summed E-state index contributed by atoms with van der Waals surface area (Å²) in [6.07, 6.45) is -1.29. The van der Waals surface area contributed by atoms with Crippen LogP contribution in [0.1, 0.15) is 30.4 Å². The predicted octanol–water partition coefficient (Wildman–Crippen LogP) is 2.52. The van der Waals surface area contributed by atoms with E-state index < -0.39 is 30.1 Å². The first-order valence-corrected chi connectivity index (χ1v) is 10.1. The molecule has 2 aromatic carbocycles. The zero-order valence-electron chi connectivity index (χ0n) is 17.5. The van der Waals surface area contributed by atoms with E-state index in [-0.39, 0.29) is 25.5 Å². The van der Waals surface area contributed by atoms with Crippen LogP contribution in [-0.4, -0.2) is 55.5 Å². The Bertz CT molecular complexity index is 915. The first-order chi connectivity index (χ1) is 14.9. The molecule has 0 spiro atoms. The van der Waals surface area contributed by atoms with Crippen LogP contribution in [0.2, 0.25) is 0 Å². The number of amides is 2. The summed E-state index contributed by atoms with van der Waals surface area (Å²) < 4.78 is 10.5. The fourth-order valence-electron chi connectivity index (χ4n) is 3.68. The summed E-state index contributed by atoms with van der Waals surface area (Å²) in [5.74, 6) is -1.72. The van der Waals surface area contributed by atoms with Gasteiger partial charge in [0.1, 0.15) is 18.8 Å². The molecule has 0 saturated carbocycles. The normalized spacial score (nSPS) is 14.1. The van der Waals surface area contributed by atoms with Gasteiger partial charge in [-0.2, -0.15) is 0 Å². The van der Waals surface area contributed by atoms with Crippen molar-refractivity contribution in [3.8, 4) is 11.1 Å². The van der Waals surface area contributed by atoms with Crippen LogP contribution < -0.4 is 10.6 Å². The summed E-state index contributed by atoms with van der Waals surface area (Å²) >= 11 is 0. The molecule has 0 bridgehead atoms. The Hall–Kier alpha value is -3.39. The molecule has 2 atom stereocenters. The van der Waals surface area contributed by atoms with E-state index >= 15 is 0 Å². The van der Waals surface area contributed by atoms with Crippen LogP contribution >= 0.6 is 0 Å². The maximum atomic E-state index is 12.2. The molecular formula is C23H26N2O6. The Kier molecular flexibility index (Phi) is 7.25. The van der Waals surface area contributed by atoms with Crippen LogP contribution in [0.15, 0.2) is 48.5 Å². The van der Waals surface area contributed by atoms with Gasteiger partial charge in [0, 0.05) is 26.0 Å². The lowest BCUT2D eigenvalue weighted by atomic mass is 9.98. The molecule has 0 radical (unpaired) electrons. The summed E-state index contributed by atoms with van der Waals surface area (Å²) in [5.41, 5.74) is 4.55. The van der Waals surface area contributed by atoms with Crippen LogP contribution in [0.5, 0.6) is 0 Å². The van der Waals surface area contributed by atoms with Gasteiger partial charge in [-0.25, -0.2) is 4.79 Å². The van der Waals surface area contributed by atoms with E-state index in [1.54, 1.807) is 0 Å². The lowest BCUT2D eigenvalue weighted by Gasteiger charge is -2.18. The van der Waals surface area contributed by atoms with Crippen molar-refractivity contribution in [1.29, 1.82) is 0 Å². The van der Waals surface area contributed by atoms with Crippen molar-refractivity contribution in [2.75, 3.05) is 20.3 Å². The number of carboxylic acids is 1. The highest BCUT2D eigenvalue weighted by atomic mass is 16.5. The van der Waals surface area contributed by atoms with Crippen molar-refractivity contribution >= 4 is 18.0 Å². The second-order valence-electron chi connectivity index (χ2n) is 7.33. The number of alkyl carbamates (subject to hydrolysis) is 1. The molecule has 0 aliphatic heterocycles. The molecule has 0 heterocycles. The number of carbonyl (C=O) groups excluding carboxylic acids is 2. The maximum absolute atomic E-state index is 12.2. The molecule has 1 aliphatic rings. The Morgan fingerprint density at radius 1 is 1.03 bits per heavy atom. The number of ether oxygens (including phenoxy) is 2. The van der Waals surface area contributed by atoms with Gasteiger partial charge in [-0.05, 0) is 29.2 Å². The van der Waals surface area contributed by atoms with Crippen LogP contribution in [0.4, 0.5) is 4.79 Å². The molecule has 0 fully saturated rings. The Morgan fingerprint density at radius 3 is 2.16 bits per heavy atom. The van der Waals surface area contributed by atoms with Gasteiger partial charge in [0.05, 0.1) is 0 Å². The Labute approximate surface area is 180 Å². The standard InChI is InChI=1S/C23H26N2O6/c1-14(22(27)28)25-21(26)20(30-2)11-12-24-23(29)31-13-19-17-9-5-3-7-15(17)16-8-4-6-10-18(16)19/h3-10,14,19-20H,11-13H2,1-2H3,(H,24,29)(H,25,26)(H,27,28). The van der Waals surface area contributed by atoms with Crippen molar-refractivity contribution in [2.45, 2.75) is 31.4 Å². The van der Waals surface area contributed by atoms with Crippen LogP contribution in [-0.2, 0) is 19.1 Å². The molecule has 3 N–H and O–H groups in total. The Balaban J connectivity index is 1.50. The highest BCUT2D eigenvalue weighted by Gasteiger charge is 2.29. The van der Waals surface area contributed by atoms with Crippen LogP contribution in [0.25, 0.3) is 11.1 Å². The first-order valence-electron chi connectivity index (χ1n) is 10.1. The van der Waals surface area contributed by atoms with Crippen molar-refractivity contribution in [3.05, 3.63) is 59.7 Å². The lowest BCUT2D eigenvalue weighted by molar-refractivity contribution is -0.143. The molecule has 2 amide bonds. The molecule has 2 unspecified atom stereocenters. The molecule has 164 valence electrons. The molecule has 1 aliphatic carbocycles. The molecule has 31 heavy (non-hydrogen) atoms. The number of fused-ring (bicyclic) bond motifs is 3. The van der Waals surface area contributed by atoms with Gasteiger partial charge < -0.3 is 25.2 Å². The van der Waals surface area contributed by atoms with Crippen molar-refractivity contribution in [1.82, 2.24) is 10.6 Å². The van der Waals surface area contributed by atoms with E-state index in [1.807, 2.05) is 36.4 Å². The minimum absolute atomic E-state index is 0.0341. The second-order valence-corrected chi connectivity index (χ2v) is 7.33. The first kappa shape index (κ1) is 22.3. The average Bonchev–Trinajstić information content (AvgIpc) is 3.09. The van der Waals surface area contributed by atoms with Crippen molar-refractivity contribution < 1.29 is 29.0 Å². The van der Waals surface area contributed by atoms with Gasteiger partial charge in [0.2, 0.25) is 5.91 Å². The summed E-state index contributed by atoms with van der Waals surface area (Å²) in [6.45, 7) is 1.70. The number of hydrogen-bond donors (Lipinski definition) is 3. The minimum atomic E-state index is -1.14. The predicted molar refractivity (Wildman–Crippen MR) is 114 cm³/mol. The number of rotatable bonds is 9. The third-order valence-corrected chi connectivity index (χ3v) is 5.33. The van der Waals surface area contributed by atoms with E-state index in [0.717, 1.165) is 22.3 Å². The topological polar surface area (TPSA) is 114 Å². The van der Waals surface area contributed by atoms with Gasteiger partial charge in [0.15, 0.2) is 0 Å². The van der Waals surface area contributed by atoms with Crippen LogP contribution in [0.3, 0.4) is 0 Å². The van der Waals surface area contributed by atoms with E-state index in [9.17, 15) is 14.4 Å². The van der Waals surface area contributed by atoms with E-state index in [4.69, 9.17) is 14.6 Å². The van der Waals surface area contributed by atoms with Gasteiger partial charge in [-0.1, -0.05) is 48.5 Å². The molecule has 8 nitrogen and oxygen atoms in total. The van der Waals surface area contributed by atoms with Crippen LogP contribution in [0, 0.1) is 0 Å². The average molecular weight is 426 g/mol. The third kappa shape index (κ3) is 5.21. The molecule has 0 saturated heterocycles. The summed E-state index contributed by atoms with van der Waals surface area (Å²) in [5, 5.41) is 13.8. The van der Waals surface area contributed by atoms with Gasteiger partial charge in [-0.3, -0.25) is 9.59 Å². The Morgan fingerprint density at radius 2 is 1.61 bits per heavy atom. The minimum Gasteiger partial charge on any atom is -0.480 e. The number of methoxy groups -OCH3 is 1. The van der Waals surface area contributed by atoms with Gasteiger partial charge >= 0.3 is 12.1 Å². The quantitative estimate of drug-likeness (QED) is 0.568. The monoisotopic (exact) mass is 426 g/mol. The summed E-state index contributed by atoms with van der Waals surface area (Å²) in [4.78, 5) is 35.1. The highest BCUT2D eigenvalue weighted by molar-refractivity contribution is 5.86. The van der Waals surface area contributed by atoms with Gasteiger partial charge in [-0.15, -0.1) is 0 Å². The number of hydrogen-bond acceptors (Lipinski definition) is 5. The maximum Gasteiger partial charge on any atom is 0.407 e. The van der Waals surface area contributed by atoms with E-state index in [2.05, 4.69) is 22.8 Å². The zero-order valence-corrected chi connectivity index (χ0v) is 17.5. The fraction of sp³-hybridized carbons (Fsp3) is 0.348. The highest BCUT2D eigenvalue weighted by Crippen LogP contribution is 2.44. The summed E-state index contributed by atoms with van der Waals surface area (Å²) in [7, 11) is 1.35. The number of nitrogens with one attached hydrogen (secondary N) is 2. The zero-order chi connectivity index (χ0) is 22.4. The summed E-state index contributed by atoms with van der Waals surface area (Å²) in [6, 6.07) is 15.1. The van der Waals surface area contributed by atoms with Crippen molar-refractivity contribution in [3.63, 3.8) is 0 Å². The molecule has 0 aromatic heterocycles.